The zero-order chi connectivity index (χ0) is 17.1. The van der Waals surface area contributed by atoms with Gasteiger partial charge < -0.3 is 14.5 Å². The van der Waals surface area contributed by atoms with Crippen LogP contribution in [0, 0.1) is 12.3 Å². The lowest BCUT2D eigenvalue weighted by atomic mass is 9.90. The Morgan fingerprint density at radius 3 is 2.17 bits per heavy atom. The number of fused-ring (bicyclic) bond motifs is 3. The van der Waals surface area contributed by atoms with Gasteiger partial charge >= 0.3 is 0 Å². The van der Waals surface area contributed by atoms with Crippen molar-refractivity contribution in [2.24, 2.45) is 5.41 Å². The number of ether oxygens (including phenoxy) is 1. The second-order valence-electron chi connectivity index (χ2n) is 8.06. The van der Waals surface area contributed by atoms with Gasteiger partial charge in [-0.15, -0.1) is 0 Å². The van der Waals surface area contributed by atoms with Crippen molar-refractivity contribution in [3.63, 3.8) is 0 Å². The normalized spacial score (nSPS) is 25.5. The molecule has 2 heterocycles. The molecule has 0 aliphatic carbocycles. The van der Waals surface area contributed by atoms with Crippen LogP contribution in [0.3, 0.4) is 0 Å². The van der Waals surface area contributed by atoms with Crippen molar-refractivity contribution in [1.29, 1.82) is 0 Å². The van der Waals surface area contributed by atoms with E-state index >= 15 is 0 Å². The van der Waals surface area contributed by atoms with E-state index in [2.05, 4.69) is 92.9 Å². The highest BCUT2D eigenvalue weighted by atomic mass is 16.5. The monoisotopic (exact) mass is 322 g/mol. The third-order valence-electron chi connectivity index (χ3n) is 5.21. The molecule has 2 aliphatic rings. The molecule has 0 aromatic heterocycles. The molecule has 126 valence electrons. The zero-order valence-electron chi connectivity index (χ0n) is 15.2. The minimum absolute atomic E-state index is 0.0613. The van der Waals surface area contributed by atoms with E-state index in [4.69, 9.17) is 4.74 Å². The van der Waals surface area contributed by atoms with Crippen molar-refractivity contribution >= 4 is 11.4 Å². The van der Waals surface area contributed by atoms with Gasteiger partial charge in [0, 0.05) is 11.1 Å². The van der Waals surface area contributed by atoms with E-state index in [9.17, 15) is 0 Å². The van der Waals surface area contributed by atoms with E-state index in [1.807, 2.05) is 0 Å². The second kappa shape index (κ2) is 5.17. The lowest BCUT2D eigenvalue weighted by Gasteiger charge is -2.41. The third kappa shape index (κ3) is 2.10. The lowest BCUT2D eigenvalue weighted by Crippen LogP contribution is -2.49. The fourth-order valence-corrected chi connectivity index (χ4v) is 4.23. The number of nitrogens with zero attached hydrogens (tertiary/aromatic N) is 2. The molecule has 2 unspecified atom stereocenters. The van der Waals surface area contributed by atoms with Crippen LogP contribution in [0.4, 0.5) is 11.4 Å². The molecule has 0 amide bonds. The molecular weight excluding hydrogens is 296 g/mol. The maximum Gasteiger partial charge on any atom is 0.194 e. The minimum Gasteiger partial charge on any atom is -0.466 e. The van der Waals surface area contributed by atoms with Gasteiger partial charge in [-0.25, -0.2) is 0 Å². The molecule has 3 atom stereocenters. The molecule has 0 saturated carbocycles. The summed E-state index contributed by atoms with van der Waals surface area (Å²) in [6.45, 7) is 11.4. The largest absolute Gasteiger partial charge is 0.466 e. The van der Waals surface area contributed by atoms with Gasteiger partial charge in [-0.05, 0) is 37.6 Å². The van der Waals surface area contributed by atoms with Gasteiger partial charge in [-0.3, -0.25) is 0 Å². The van der Waals surface area contributed by atoms with Crippen molar-refractivity contribution in [3.8, 4) is 5.75 Å². The molecule has 3 nitrogen and oxygen atoms in total. The van der Waals surface area contributed by atoms with Crippen molar-refractivity contribution in [1.82, 2.24) is 0 Å². The number of benzene rings is 2. The summed E-state index contributed by atoms with van der Waals surface area (Å²) in [5.74, 6) is 1.01. The Labute approximate surface area is 144 Å². The topological polar surface area (TPSA) is 15.7 Å². The fourth-order valence-electron chi connectivity index (χ4n) is 4.23. The van der Waals surface area contributed by atoms with Crippen LogP contribution >= 0.6 is 0 Å². The second-order valence-corrected chi connectivity index (χ2v) is 8.06. The van der Waals surface area contributed by atoms with E-state index in [-0.39, 0.29) is 23.9 Å². The molecular formula is C21H26N2O. The molecule has 3 heteroatoms. The number of hydrogen-bond donors (Lipinski definition) is 0. The summed E-state index contributed by atoms with van der Waals surface area (Å²) < 4.78 is 6.34. The van der Waals surface area contributed by atoms with Gasteiger partial charge in [0.1, 0.15) is 11.9 Å². The average Bonchev–Trinajstić information content (AvgIpc) is 3.03. The van der Waals surface area contributed by atoms with Gasteiger partial charge in [0.2, 0.25) is 0 Å². The Bertz CT molecular complexity index is 764. The summed E-state index contributed by atoms with van der Waals surface area (Å²) in [7, 11) is 0. The van der Waals surface area contributed by atoms with Gasteiger partial charge in [-0.2, -0.15) is 0 Å². The highest BCUT2D eigenvalue weighted by Gasteiger charge is 2.54. The quantitative estimate of drug-likeness (QED) is 0.750. The Morgan fingerprint density at radius 1 is 0.875 bits per heavy atom. The van der Waals surface area contributed by atoms with E-state index in [1.165, 1.54) is 16.9 Å². The Hall–Kier alpha value is -2.16. The number of rotatable bonds is 1. The number of anilines is 2. The van der Waals surface area contributed by atoms with E-state index in [0.29, 0.717) is 0 Å². The fraction of sp³-hybridized carbons (Fsp3) is 0.429. The minimum atomic E-state index is 0.0613. The first-order valence-corrected chi connectivity index (χ1v) is 8.77. The van der Waals surface area contributed by atoms with Gasteiger partial charge in [0.05, 0.1) is 11.7 Å². The molecule has 1 fully saturated rings. The summed E-state index contributed by atoms with van der Waals surface area (Å²) >= 11 is 0. The summed E-state index contributed by atoms with van der Waals surface area (Å²) in [6, 6.07) is 17.4. The Balaban J connectivity index is 1.87. The number of para-hydroxylation sites is 3. The van der Waals surface area contributed by atoms with Crippen molar-refractivity contribution in [2.45, 2.75) is 53.1 Å². The van der Waals surface area contributed by atoms with Crippen LogP contribution in [0.2, 0.25) is 0 Å². The summed E-state index contributed by atoms with van der Waals surface area (Å²) in [6.07, 6.45) is 0.313. The summed E-state index contributed by atoms with van der Waals surface area (Å²) in [5, 5.41) is 0. The van der Waals surface area contributed by atoms with Crippen LogP contribution < -0.4 is 14.5 Å². The standard InChI is InChI=1S/C21H26N2O/c1-14-10-6-7-11-16(14)22-15(2)19-23(20(22)21(3,4)5)17-12-8-9-13-18(17)24-19/h6-13,15,19-20H,1-5H3/t15-,19?,20?/m0/s1. The van der Waals surface area contributed by atoms with Crippen molar-refractivity contribution in [2.75, 3.05) is 9.80 Å². The molecule has 0 radical (unpaired) electrons. The SMILES string of the molecule is Cc1ccccc1N1C(C(C)(C)C)N2c3ccccc3OC2[C@@H]1C. The van der Waals surface area contributed by atoms with Crippen LogP contribution in [-0.4, -0.2) is 18.4 Å². The van der Waals surface area contributed by atoms with Crippen LogP contribution in [-0.2, 0) is 0 Å². The van der Waals surface area contributed by atoms with Gasteiger partial charge in [-0.1, -0.05) is 51.1 Å². The Morgan fingerprint density at radius 2 is 1.50 bits per heavy atom. The number of hydrogen-bond acceptors (Lipinski definition) is 3. The highest BCUT2D eigenvalue weighted by molar-refractivity contribution is 5.69. The molecule has 2 aromatic carbocycles. The van der Waals surface area contributed by atoms with Crippen molar-refractivity contribution in [3.05, 3.63) is 54.1 Å². The van der Waals surface area contributed by atoms with Crippen LogP contribution in [0.5, 0.6) is 5.75 Å². The summed E-state index contributed by atoms with van der Waals surface area (Å²) in [4.78, 5) is 5.03. The van der Waals surface area contributed by atoms with Gasteiger partial charge in [0.25, 0.3) is 0 Å². The average molecular weight is 322 g/mol. The number of aryl methyl sites for hydroxylation is 1. The molecule has 24 heavy (non-hydrogen) atoms. The van der Waals surface area contributed by atoms with Crippen LogP contribution in [0.1, 0.15) is 33.3 Å². The molecule has 0 bridgehead atoms. The van der Waals surface area contributed by atoms with E-state index in [1.54, 1.807) is 0 Å². The van der Waals surface area contributed by atoms with Crippen LogP contribution in [0.25, 0.3) is 0 Å². The third-order valence-corrected chi connectivity index (χ3v) is 5.21. The summed E-state index contributed by atoms with van der Waals surface area (Å²) in [5.41, 5.74) is 3.92. The lowest BCUT2D eigenvalue weighted by molar-refractivity contribution is 0.217. The molecule has 0 spiro atoms. The predicted octanol–water partition coefficient (Wildman–Crippen LogP) is 4.80. The van der Waals surface area contributed by atoms with Crippen molar-refractivity contribution < 1.29 is 4.74 Å². The maximum atomic E-state index is 6.34. The first-order valence-electron chi connectivity index (χ1n) is 8.77. The smallest absolute Gasteiger partial charge is 0.194 e. The Kier molecular flexibility index (Phi) is 3.31. The predicted molar refractivity (Wildman–Crippen MR) is 99.7 cm³/mol. The molecule has 2 aliphatic heterocycles. The zero-order valence-corrected chi connectivity index (χ0v) is 15.2. The highest BCUT2D eigenvalue weighted by Crippen LogP contribution is 2.50. The molecule has 4 rings (SSSR count). The molecule has 0 N–H and O–H groups in total. The first-order chi connectivity index (χ1) is 11.4. The molecule has 2 aromatic rings. The van der Waals surface area contributed by atoms with E-state index in [0.717, 1.165) is 5.75 Å². The van der Waals surface area contributed by atoms with Gasteiger partial charge in [0.15, 0.2) is 6.23 Å². The first kappa shape index (κ1) is 15.4. The maximum absolute atomic E-state index is 6.34. The van der Waals surface area contributed by atoms with E-state index < -0.39 is 0 Å². The van der Waals surface area contributed by atoms with Crippen LogP contribution in [0.15, 0.2) is 48.5 Å². The molecule has 1 saturated heterocycles.